The molecule has 1 unspecified atom stereocenters. The van der Waals surface area contributed by atoms with Crippen molar-refractivity contribution in [2.24, 2.45) is 18.9 Å². The van der Waals surface area contributed by atoms with Crippen molar-refractivity contribution in [1.82, 2.24) is 48.6 Å². The van der Waals surface area contributed by atoms with Crippen LogP contribution in [0, 0.1) is 11.8 Å². The number of rotatable bonds is 18. The first-order chi connectivity index (χ1) is 33.7. The van der Waals surface area contributed by atoms with Crippen LogP contribution < -0.4 is 15.9 Å². The van der Waals surface area contributed by atoms with Gasteiger partial charge in [0.15, 0.2) is 0 Å². The zero-order chi connectivity index (χ0) is 49.5. The molecule has 3 aromatic heterocycles. The molecule has 1 atom stereocenters. The van der Waals surface area contributed by atoms with E-state index in [9.17, 15) is 37.1 Å². The van der Waals surface area contributed by atoms with Crippen LogP contribution in [-0.2, 0) is 47.1 Å². The summed E-state index contributed by atoms with van der Waals surface area (Å²) >= 11 is 0. The zero-order valence-electron chi connectivity index (χ0n) is 40.3. The minimum absolute atomic E-state index is 0.121. The highest BCUT2D eigenvalue weighted by Gasteiger charge is 2.35. The maximum absolute atomic E-state index is 14.6. The number of nitrogens with zero attached hydrogens (tertiary/aromatic N) is 10. The van der Waals surface area contributed by atoms with E-state index in [0.717, 1.165) is 111 Å². The Balaban J connectivity index is 0.784. The summed E-state index contributed by atoms with van der Waals surface area (Å²) < 4.78 is 47.8. The molecule has 2 aromatic carbocycles. The quantitative estimate of drug-likeness (QED) is 0.120. The van der Waals surface area contributed by atoms with E-state index >= 15 is 0 Å². The van der Waals surface area contributed by atoms with Crippen LogP contribution in [-0.4, -0.2) is 147 Å². The molecule has 374 valence electrons. The number of alkyl halides is 3. The van der Waals surface area contributed by atoms with Gasteiger partial charge in [0, 0.05) is 116 Å². The monoisotopic (exact) mass is 968 g/mol. The fraction of sp³-hybridized carbons (Fsp3) is 0.510. The number of hydrogen-bond donors (Lipinski definition) is 1. The molecule has 2 amide bonds. The van der Waals surface area contributed by atoms with Crippen molar-refractivity contribution in [3.63, 3.8) is 0 Å². The van der Waals surface area contributed by atoms with Gasteiger partial charge < -0.3 is 24.5 Å². The van der Waals surface area contributed by atoms with E-state index in [1.54, 1.807) is 36.1 Å². The number of likely N-dealkylation sites (N-methyl/N-ethyl adjacent to an activating group) is 1. The molecule has 0 bridgehead atoms. The fourth-order valence-corrected chi connectivity index (χ4v) is 10.3. The van der Waals surface area contributed by atoms with Crippen molar-refractivity contribution in [3.05, 3.63) is 111 Å². The van der Waals surface area contributed by atoms with Crippen LogP contribution in [0.15, 0.2) is 72.0 Å². The SMILES string of the molecule is CNC(=O)CCC(C=O)N(C)Cc1cc(N2CCN(CC3CCN(C(=O)CC4CCN(Cc5cc(C(F)(F)F)c6cn(-c7cccc(Cc8nncn8C)c7)c(=O)n6c5)CC4)CC3)CC2)ccc1C=O. The molecule has 16 nitrogen and oxygen atoms in total. The van der Waals surface area contributed by atoms with Gasteiger partial charge >= 0.3 is 11.9 Å². The van der Waals surface area contributed by atoms with Gasteiger partial charge in [0.25, 0.3) is 0 Å². The summed E-state index contributed by atoms with van der Waals surface area (Å²) in [6.45, 7) is 7.90. The number of benzene rings is 2. The molecule has 0 spiro atoms. The third kappa shape index (κ3) is 12.0. The summed E-state index contributed by atoms with van der Waals surface area (Å²) in [5.74, 6) is 1.47. The number of anilines is 1. The summed E-state index contributed by atoms with van der Waals surface area (Å²) in [4.78, 5) is 73.7. The second-order valence-electron chi connectivity index (χ2n) is 19.4. The minimum atomic E-state index is -4.68. The highest BCUT2D eigenvalue weighted by Crippen LogP contribution is 2.34. The molecule has 1 N–H and O–H groups in total. The number of aldehydes is 2. The Hall–Kier alpha value is -6.18. The molecule has 0 aliphatic carbocycles. The smallest absolute Gasteiger partial charge is 0.369 e. The van der Waals surface area contributed by atoms with Gasteiger partial charge in [-0.3, -0.25) is 38.1 Å². The Labute approximate surface area is 406 Å². The average Bonchev–Trinajstić information content (AvgIpc) is 3.92. The van der Waals surface area contributed by atoms with E-state index in [1.165, 1.54) is 17.0 Å². The van der Waals surface area contributed by atoms with Crippen LogP contribution in [0.3, 0.4) is 0 Å². The Morgan fingerprint density at radius 1 is 0.886 bits per heavy atom. The first-order valence-corrected chi connectivity index (χ1v) is 24.4. The molecule has 3 aliphatic heterocycles. The van der Waals surface area contributed by atoms with Crippen LogP contribution >= 0.6 is 0 Å². The lowest BCUT2D eigenvalue weighted by Gasteiger charge is -2.40. The largest absolute Gasteiger partial charge is 0.418 e. The van der Waals surface area contributed by atoms with Crippen molar-refractivity contribution < 1.29 is 32.3 Å². The van der Waals surface area contributed by atoms with Gasteiger partial charge in [-0.05, 0) is 117 Å². The molecule has 19 heteroatoms. The second kappa shape index (κ2) is 22.3. The molecule has 70 heavy (non-hydrogen) atoms. The standard InChI is InChI=1S/C51H64F3N11O5/c1-55-48(68)10-9-44(34-67)58(2)31-41-27-42(8-7-40(41)33-66)62-21-19-61(20-22-62)28-37-13-17-63(18-14-37)49(69)26-36-11-15-60(16-12-36)29-39-24-45(51(52,53)54)46-32-64(50(70)65(46)30-39)43-6-4-5-38(23-43)25-47-57-56-35-59(47)3/h4-8,23-24,27,30,32-37,44H,9-22,25-26,28-29,31H2,1-3H3,(H,55,68). The molecule has 0 saturated carbocycles. The third-order valence-corrected chi connectivity index (χ3v) is 14.6. The van der Waals surface area contributed by atoms with E-state index in [1.807, 2.05) is 48.2 Å². The van der Waals surface area contributed by atoms with Gasteiger partial charge in [-0.1, -0.05) is 12.1 Å². The lowest BCUT2D eigenvalue weighted by molar-refractivity contribution is -0.136. The molecular formula is C51H64F3N11O5. The molecular weight excluding hydrogens is 904 g/mol. The summed E-state index contributed by atoms with van der Waals surface area (Å²) in [5, 5.41) is 10.6. The van der Waals surface area contributed by atoms with E-state index in [2.05, 4.69) is 30.2 Å². The first kappa shape index (κ1) is 50.2. The average molecular weight is 968 g/mol. The van der Waals surface area contributed by atoms with Gasteiger partial charge in [-0.15, -0.1) is 10.2 Å². The summed E-state index contributed by atoms with van der Waals surface area (Å²) in [6, 6.07) is 13.7. The van der Waals surface area contributed by atoms with Gasteiger partial charge in [-0.2, -0.15) is 13.2 Å². The number of imidazole rings is 1. The Kier molecular flexibility index (Phi) is 16.0. The summed E-state index contributed by atoms with van der Waals surface area (Å²) in [7, 11) is 5.23. The van der Waals surface area contributed by atoms with Crippen LogP contribution in [0.4, 0.5) is 18.9 Å². The van der Waals surface area contributed by atoms with E-state index in [0.29, 0.717) is 67.5 Å². The summed E-state index contributed by atoms with van der Waals surface area (Å²) in [6.07, 6.45) is 6.38. The zero-order valence-corrected chi connectivity index (χ0v) is 40.3. The molecule has 3 saturated heterocycles. The number of nitrogens with one attached hydrogen (secondary N) is 1. The molecule has 6 heterocycles. The number of piperazine rings is 1. The maximum atomic E-state index is 14.6. The number of piperidine rings is 2. The predicted molar refractivity (Wildman–Crippen MR) is 259 cm³/mol. The molecule has 0 radical (unpaired) electrons. The lowest BCUT2D eigenvalue weighted by atomic mass is 9.91. The number of likely N-dealkylation sites (tertiary alicyclic amines) is 2. The van der Waals surface area contributed by atoms with Crippen LogP contribution in [0.25, 0.3) is 11.2 Å². The van der Waals surface area contributed by atoms with Crippen molar-refractivity contribution >= 4 is 35.6 Å². The molecule has 3 aliphatic rings. The topological polar surface area (TPSA) is 154 Å². The highest BCUT2D eigenvalue weighted by molar-refractivity contribution is 5.79. The third-order valence-electron chi connectivity index (χ3n) is 14.6. The highest BCUT2D eigenvalue weighted by atomic mass is 19.4. The lowest BCUT2D eigenvalue weighted by Crippen LogP contribution is -2.49. The van der Waals surface area contributed by atoms with E-state index in [4.69, 9.17) is 0 Å². The number of hydrogen-bond acceptors (Lipinski definition) is 11. The van der Waals surface area contributed by atoms with Crippen LogP contribution in [0.1, 0.15) is 83.4 Å². The molecule has 8 rings (SSSR count). The molecule has 5 aromatic rings. The Morgan fingerprint density at radius 2 is 1.63 bits per heavy atom. The van der Waals surface area contributed by atoms with Crippen LogP contribution in [0.5, 0.6) is 0 Å². The van der Waals surface area contributed by atoms with Gasteiger partial charge in [-0.25, -0.2) is 4.79 Å². The number of fused-ring (bicyclic) bond motifs is 1. The van der Waals surface area contributed by atoms with Crippen LogP contribution in [0.2, 0.25) is 0 Å². The number of aromatic nitrogens is 5. The number of carbonyl (C=O) groups excluding carboxylic acids is 4. The van der Waals surface area contributed by atoms with Gasteiger partial charge in [0.1, 0.15) is 24.7 Å². The van der Waals surface area contributed by atoms with Crippen molar-refractivity contribution in [3.8, 4) is 5.69 Å². The number of carbonyl (C=O) groups is 4. The summed E-state index contributed by atoms with van der Waals surface area (Å²) in [5.41, 5.74) is 2.50. The van der Waals surface area contributed by atoms with E-state index < -0.39 is 23.5 Å². The van der Waals surface area contributed by atoms with Crippen molar-refractivity contribution in [2.75, 3.05) is 77.9 Å². The molecule has 3 fully saturated rings. The number of halogens is 3. The Morgan fingerprint density at radius 3 is 2.30 bits per heavy atom. The van der Waals surface area contributed by atoms with Crippen molar-refractivity contribution in [2.45, 2.75) is 76.7 Å². The van der Waals surface area contributed by atoms with Gasteiger partial charge in [0.2, 0.25) is 11.8 Å². The number of amides is 2. The number of pyridine rings is 1. The normalized spacial score (nSPS) is 17.4. The first-order valence-electron chi connectivity index (χ1n) is 24.4. The maximum Gasteiger partial charge on any atom is 0.418 e. The minimum Gasteiger partial charge on any atom is -0.369 e. The predicted octanol–water partition coefficient (Wildman–Crippen LogP) is 4.83. The number of aryl methyl sites for hydroxylation is 1. The second-order valence-corrected chi connectivity index (χ2v) is 19.4. The van der Waals surface area contributed by atoms with Gasteiger partial charge in [0.05, 0.1) is 22.8 Å². The van der Waals surface area contributed by atoms with Crippen molar-refractivity contribution in [1.29, 1.82) is 0 Å². The van der Waals surface area contributed by atoms with E-state index in [-0.39, 0.29) is 36.2 Å². The Bertz CT molecular complexity index is 2690. The fourth-order valence-electron chi connectivity index (χ4n) is 10.3.